The van der Waals surface area contributed by atoms with Crippen LogP contribution >= 0.6 is 15.9 Å². The summed E-state index contributed by atoms with van der Waals surface area (Å²) in [5.74, 6) is -0.00361. The van der Waals surface area contributed by atoms with Crippen molar-refractivity contribution < 1.29 is 4.79 Å². The Morgan fingerprint density at radius 3 is 2.47 bits per heavy atom. The molecule has 0 aliphatic rings. The number of carbonyl (C=O) groups is 1. The van der Waals surface area contributed by atoms with E-state index in [1.54, 1.807) is 24.3 Å². The van der Waals surface area contributed by atoms with E-state index in [2.05, 4.69) is 15.9 Å². The van der Waals surface area contributed by atoms with Crippen molar-refractivity contribution in [3.8, 4) is 0 Å². The summed E-state index contributed by atoms with van der Waals surface area (Å²) in [7, 11) is 0. The Bertz CT molecular complexity index is 564. The highest BCUT2D eigenvalue weighted by molar-refractivity contribution is 9.10. The van der Waals surface area contributed by atoms with Crippen molar-refractivity contribution in [1.29, 1.82) is 0 Å². The molecule has 0 spiro atoms. The van der Waals surface area contributed by atoms with Gasteiger partial charge < -0.3 is 5.73 Å². The molecule has 17 heavy (non-hydrogen) atoms. The van der Waals surface area contributed by atoms with Gasteiger partial charge in [-0.1, -0.05) is 46.3 Å². The molecule has 2 nitrogen and oxygen atoms in total. The summed E-state index contributed by atoms with van der Waals surface area (Å²) in [4.78, 5) is 12.3. The summed E-state index contributed by atoms with van der Waals surface area (Å²) in [5, 5.41) is 0. The Morgan fingerprint density at radius 1 is 1.18 bits per heavy atom. The Hall–Kier alpha value is -1.61. The molecule has 0 aliphatic heterocycles. The zero-order chi connectivity index (χ0) is 12.4. The summed E-state index contributed by atoms with van der Waals surface area (Å²) in [6, 6.07) is 12.8. The monoisotopic (exact) mass is 289 g/mol. The summed E-state index contributed by atoms with van der Waals surface area (Å²) >= 11 is 3.36. The van der Waals surface area contributed by atoms with Crippen LogP contribution < -0.4 is 5.73 Å². The van der Waals surface area contributed by atoms with E-state index in [0.29, 0.717) is 16.8 Å². The highest BCUT2D eigenvalue weighted by atomic mass is 79.9. The third-order valence-corrected chi connectivity index (χ3v) is 3.15. The van der Waals surface area contributed by atoms with Gasteiger partial charge in [-0.2, -0.15) is 0 Å². The fourth-order valence-corrected chi connectivity index (χ4v) is 2.16. The largest absolute Gasteiger partial charge is 0.398 e. The molecule has 2 aromatic carbocycles. The number of hydrogen-bond donors (Lipinski definition) is 1. The maximum atomic E-state index is 12.3. The molecular weight excluding hydrogens is 278 g/mol. The van der Waals surface area contributed by atoms with Crippen molar-refractivity contribution in [3.05, 3.63) is 63.6 Å². The molecule has 0 unspecified atom stereocenters. The van der Waals surface area contributed by atoms with Gasteiger partial charge in [0.1, 0.15) is 0 Å². The van der Waals surface area contributed by atoms with Crippen LogP contribution in [0.3, 0.4) is 0 Å². The number of nitrogens with two attached hydrogens (primary N) is 1. The van der Waals surface area contributed by atoms with Crippen LogP contribution in [0.25, 0.3) is 0 Å². The SMILES string of the molecule is Cc1c(N)cc(Br)cc1C(=O)c1ccccc1. The van der Waals surface area contributed by atoms with Crippen LogP contribution in [0, 0.1) is 6.92 Å². The van der Waals surface area contributed by atoms with Crippen molar-refractivity contribution in [2.45, 2.75) is 6.92 Å². The van der Waals surface area contributed by atoms with Crippen molar-refractivity contribution in [3.63, 3.8) is 0 Å². The number of hydrogen-bond acceptors (Lipinski definition) is 2. The van der Waals surface area contributed by atoms with Crippen molar-refractivity contribution in [1.82, 2.24) is 0 Å². The molecule has 2 N–H and O–H groups in total. The third-order valence-electron chi connectivity index (χ3n) is 2.69. The predicted octanol–water partition coefficient (Wildman–Crippen LogP) is 3.57. The van der Waals surface area contributed by atoms with Crippen molar-refractivity contribution >= 4 is 27.4 Å². The first kappa shape index (κ1) is 11.9. The van der Waals surface area contributed by atoms with E-state index < -0.39 is 0 Å². The van der Waals surface area contributed by atoms with Gasteiger partial charge in [0, 0.05) is 21.3 Å². The van der Waals surface area contributed by atoms with Gasteiger partial charge in [0.05, 0.1) is 0 Å². The zero-order valence-corrected chi connectivity index (χ0v) is 11.0. The molecule has 2 aromatic rings. The fourth-order valence-electron chi connectivity index (χ4n) is 1.68. The number of benzene rings is 2. The Morgan fingerprint density at radius 2 is 1.82 bits per heavy atom. The lowest BCUT2D eigenvalue weighted by Gasteiger charge is -2.08. The van der Waals surface area contributed by atoms with Gasteiger partial charge in [-0.3, -0.25) is 4.79 Å². The van der Waals surface area contributed by atoms with Crippen LogP contribution in [0.1, 0.15) is 21.5 Å². The quantitative estimate of drug-likeness (QED) is 0.678. The fraction of sp³-hybridized carbons (Fsp3) is 0.0714. The molecule has 0 heterocycles. The second-order valence-corrected chi connectivity index (χ2v) is 4.78. The molecule has 2 rings (SSSR count). The van der Waals surface area contributed by atoms with E-state index in [1.807, 2.05) is 25.1 Å². The number of carbonyl (C=O) groups excluding carboxylic acids is 1. The molecule has 0 saturated carbocycles. The van der Waals surface area contributed by atoms with Crippen molar-refractivity contribution in [2.24, 2.45) is 0 Å². The summed E-state index contributed by atoms with van der Waals surface area (Å²) < 4.78 is 0.819. The molecule has 0 bridgehead atoms. The molecule has 0 amide bonds. The van der Waals surface area contributed by atoms with E-state index >= 15 is 0 Å². The van der Waals surface area contributed by atoms with Crippen LogP contribution in [-0.2, 0) is 0 Å². The average Bonchev–Trinajstić information content (AvgIpc) is 2.34. The lowest BCUT2D eigenvalue weighted by atomic mass is 9.98. The summed E-state index contributed by atoms with van der Waals surface area (Å²) in [5.41, 5.74) is 8.62. The molecule has 86 valence electrons. The molecule has 0 radical (unpaired) electrons. The number of halogens is 1. The second-order valence-electron chi connectivity index (χ2n) is 3.86. The van der Waals surface area contributed by atoms with Gasteiger partial charge >= 0.3 is 0 Å². The van der Waals surface area contributed by atoms with Gasteiger partial charge in [-0.05, 0) is 24.6 Å². The minimum atomic E-state index is -0.00361. The first-order valence-corrected chi connectivity index (χ1v) is 6.04. The van der Waals surface area contributed by atoms with Gasteiger partial charge in [0.15, 0.2) is 5.78 Å². The minimum Gasteiger partial charge on any atom is -0.398 e. The molecule has 0 fully saturated rings. The first-order valence-electron chi connectivity index (χ1n) is 5.25. The Labute approximate surface area is 109 Å². The highest BCUT2D eigenvalue weighted by Gasteiger charge is 2.13. The normalized spacial score (nSPS) is 10.2. The molecule has 3 heteroatoms. The van der Waals surface area contributed by atoms with E-state index in [0.717, 1.165) is 10.0 Å². The van der Waals surface area contributed by atoms with Crippen LogP contribution in [0.2, 0.25) is 0 Å². The van der Waals surface area contributed by atoms with E-state index in [4.69, 9.17) is 5.73 Å². The molecular formula is C14H12BrNO. The van der Waals surface area contributed by atoms with Crippen LogP contribution in [0.5, 0.6) is 0 Å². The van der Waals surface area contributed by atoms with E-state index in [9.17, 15) is 4.79 Å². The lowest BCUT2D eigenvalue weighted by molar-refractivity contribution is 0.103. The second kappa shape index (κ2) is 4.72. The maximum absolute atomic E-state index is 12.3. The predicted molar refractivity (Wildman–Crippen MR) is 73.2 cm³/mol. The molecule has 0 saturated heterocycles. The van der Waals surface area contributed by atoms with Crippen LogP contribution in [-0.4, -0.2) is 5.78 Å². The number of ketones is 1. The minimum absolute atomic E-state index is 0.00361. The maximum Gasteiger partial charge on any atom is 0.193 e. The smallest absolute Gasteiger partial charge is 0.193 e. The molecule has 0 aliphatic carbocycles. The van der Waals surface area contributed by atoms with Crippen LogP contribution in [0.15, 0.2) is 46.9 Å². The number of rotatable bonds is 2. The topological polar surface area (TPSA) is 43.1 Å². The third kappa shape index (κ3) is 2.39. The highest BCUT2D eigenvalue weighted by Crippen LogP contribution is 2.24. The van der Waals surface area contributed by atoms with Crippen LogP contribution in [0.4, 0.5) is 5.69 Å². The van der Waals surface area contributed by atoms with Gasteiger partial charge in [0.2, 0.25) is 0 Å². The Balaban J connectivity index is 2.52. The van der Waals surface area contributed by atoms with Gasteiger partial charge in [0.25, 0.3) is 0 Å². The lowest BCUT2D eigenvalue weighted by Crippen LogP contribution is -2.05. The molecule has 0 atom stereocenters. The summed E-state index contributed by atoms with van der Waals surface area (Å²) in [6.07, 6.45) is 0. The number of anilines is 1. The van der Waals surface area contributed by atoms with E-state index in [1.165, 1.54) is 0 Å². The Kier molecular flexibility index (Phi) is 3.29. The van der Waals surface area contributed by atoms with Crippen molar-refractivity contribution in [2.75, 3.05) is 5.73 Å². The standard InChI is InChI=1S/C14H12BrNO/c1-9-12(7-11(15)8-13(9)16)14(17)10-5-3-2-4-6-10/h2-8H,16H2,1H3. The molecule has 0 aromatic heterocycles. The average molecular weight is 290 g/mol. The number of nitrogen functional groups attached to an aromatic ring is 1. The van der Waals surface area contributed by atoms with Gasteiger partial charge in [-0.15, -0.1) is 0 Å². The van der Waals surface area contributed by atoms with E-state index in [-0.39, 0.29) is 5.78 Å². The zero-order valence-electron chi connectivity index (χ0n) is 9.41. The summed E-state index contributed by atoms with van der Waals surface area (Å²) in [6.45, 7) is 1.86. The first-order chi connectivity index (χ1) is 8.09. The van der Waals surface area contributed by atoms with Gasteiger partial charge in [-0.25, -0.2) is 0 Å².